The van der Waals surface area contributed by atoms with Gasteiger partial charge in [0.25, 0.3) is 0 Å². The number of benzene rings is 2. The van der Waals surface area contributed by atoms with Crippen molar-refractivity contribution in [1.82, 2.24) is 19.7 Å². The van der Waals surface area contributed by atoms with Gasteiger partial charge in [0.1, 0.15) is 11.6 Å². The molecule has 152 valence electrons. The summed E-state index contributed by atoms with van der Waals surface area (Å²) in [6.07, 6.45) is 4.12. The van der Waals surface area contributed by atoms with Crippen LogP contribution >= 0.6 is 0 Å². The number of para-hydroxylation sites is 1. The van der Waals surface area contributed by atoms with Crippen molar-refractivity contribution in [1.29, 1.82) is 0 Å². The van der Waals surface area contributed by atoms with Crippen LogP contribution in [0, 0.1) is 11.7 Å². The minimum atomic E-state index is -0.270. The molecule has 2 aromatic carbocycles. The number of rotatable bonds is 4. The first-order chi connectivity index (χ1) is 14.7. The van der Waals surface area contributed by atoms with Gasteiger partial charge in [-0.2, -0.15) is 15.1 Å². The van der Waals surface area contributed by atoms with E-state index in [1.807, 2.05) is 35.0 Å². The molecule has 7 heteroatoms. The quantitative estimate of drug-likeness (QED) is 0.524. The summed E-state index contributed by atoms with van der Waals surface area (Å²) in [5.41, 5.74) is 2.45. The summed E-state index contributed by atoms with van der Waals surface area (Å²) in [5, 5.41) is 8.73. The molecule has 30 heavy (non-hydrogen) atoms. The molecule has 4 aromatic rings. The van der Waals surface area contributed by atoms with Crippen LogP contribution in [0.4, 0.5) is 21.8 Å². The van der Waals surface area contributed by atoms with Gasteiger partial charge in [-0.25, -0.2) is 9.07 Å². The highest BCUT2D eigenvalue weighted by Gasteiger charge is 2.22. The van der Waals surface area contributed by atoms with Gasteiger partial charge >= 0.3 is 0 Å². The van der Waals surface area contributed by atoms with Crippen molar-refractivity contribution in [2.45, 2.75) is 19.8 Å². The van der Waals surface area contributed by atoms with Gasteiger partial charge in [0.2, 0.25) is 5.95 Å². The van der Waals surface area contributed by atoms with Crippen LogP contribution in [0.1, 0.15) is 19.8 Å². The number of halogens is 1. The maximum absolute atomic E-state index is 13.3. The lowest BCUT2D eigenvalue weighted by Crippen LogP contribution is -2.35. The Morgan fingerprint density at radius 3 is 2.60 bits per heavy atom. The molecule has 2 aromatic heterocycles. The first-order valence-electron chi connectivity index (χ1n) is 10.3. The summed E-state index contributed by atoms with van der Waals surface area (Å²) >= 11 is 0. The van der Waals surface area contributed by atoms with Gasteiger partial charge in [-0.1, -0.05) is 25.1 Å². The summed E-state index contributed by atoms with van der Waals surface area (Å²) in [7, 11) is 0. The van der Waals surface area contributed by atoms with E-state index in [9.17, 15) is 4.39 Å². The molecule has 3 heterocycles. The van der Waals surface area contributed by atoms with Crippen molar-refractivity contribution in [2.75, 3.05) is 23.3 Å². The Morgan fingerprint density at radius 1 is 1.03 bits per heavy atom. The largest absolute Gasteiger partial charge is 0.340 e. The van der Waals surface area contributed by atoms with E-state index in [4.69, 9.17) is 9.97 Å². The van der Waals surface area contributed by atoms with E-state index in [-0.39, 0.29) is 5.82 Å². The lowest BCUT2D eigenvalue weighted by atomic mass is 10.0. The summed E-state index contributed by atoms with van der Waals surface area (Å²) < 4.78 is 15.2. The predicted octanol–water partition coefficient (Wildman–Crippen LogP) is 4.93. The van der Waals surface area contributed by atoms with Crippen molar-refractivity contribution in [3.63, 3.8) is 0 Å². The number of aromatic nitrogens is 4. The molecule has 0 unspecified atom stereocenters. The zero-order valence-electron chi connectivity index (χ0n) is 16.8. The van der Waals surface area contributed by atoms with Crippen LogP contribution < -0.4 is 10.2 Å². The third kappa shape index (κ3) is 3.58. The van der Waals surface area contributed by atoms with Gasteiger partial charge in [-0.15, -0.1) is 0 Å². The lowest BCUT2D eigenvalue weighted by Gasteiger charge is -2.31. The number of hydrogen-bond donors (Lipinski definition) is 1. The molecule has 1 fully saturated rings. The number of piperidine rings is 1. The maximum Gasteiger partial charge on any atom is 0.229 e. The maximum atomic E-state index is 13.3. The minimum Gasteiger partial charge on any atom is -0.340 e. The fourth-order valence-electron chi connectivity index (χ4n) is 3.93. The van der Waals surface area contributed by atoms with E-state index in [0.29, 0.717) is 17.7 Å². The van der Waals surface area contributed by atoms with Crippen LogP contribution in [0.3, 0.4) is 0 Å². The fourth-order valence-corrected chi connectivity index (χ4v) is 3.93. The number of anilines is 3. The number of hydrogen-bond acceptors (Lipinski definition) is 5. The van der Waals surface area contributed by atoms with Gasteiger partial charge in [-0.05, 0) is 55.2 Å². The molecule has 0 saturated carbocycles. The molecule has 0 spiro atoms. The standard InChI is InChI=1S/C23H23FN6/c1-16-6-5-13-29(15-16)23-27-21(26-18-11-9-17(24)10-12-18)20-14-25-30(22(20)28-23)19-7-3-2-4-8-19/h2-4,7-12,14,16H,5-6,13,15H2,1H3,(H,26,27,28)/t16-/m0/s1. The highest BCUT2D eigenvalue weighted by molar-refractivity contribution is 5.90. The van der Waals surface area contributed by atoms with Crippen LogP contribution in [0.25, 0.3) is 16.7 Å². The summed E-state index contributed by atoms with van der Waals surface area (Å²) in [6.45, 7) is 4.13. The van der Waals surface area contributed by atoms with Crippen LogP contribution in [0.2, 0.25) is 0 Å². The average molecular weight is 402 g/mol. The van der Waals surface area contributed by atoms with Gasteiger partial charge in [0.15, 0.2) is 5.65 Å². The fraction of sp³-hybridized carbons (Fsp3) is 0.261. The molecule has 5 rings (SSSR count). The molecular formula is C23H23FN6. The topological polar surface area (TPSA) is 58.9 Å². The number of nitrogens with one attached hydrogen (secondary N) is 1. The Bertz CT molecular complexity index is 1160. The summed E-state index contributed by atoms with van der Waals surface area (Å²) in [6, 6.07) is 16.2. The van der Waals surface area contributed by atoms with Crippen molar-refractivity contribution in [3.8, 4) is 5.69 Å². The molecule has 1 N–H and O–H groups in total. The van der Waals surface area contributed by atoms with Crippen molar-refractivity contribution < 1.29 is 4.39 Å². The van der Waals surface area contributed by atoms with Crippen LogP contribution in [-0.2, 0) is 0 Å². The highest BCUT2D eigenvalue weighted by atomic mass is 19.1. The SMILES string of the molecule is C[C@H]1CCCN(c2nc(Nc3ccc(F)cc3)c3cnn(-c4ccccc4)c3n2)C1. The van der Waals surface area contributed by atoms with Crippen molar-refractivity contribution in [2.24, 2.45) is 5.92 Å². The van der Waals surface area contributed by atoms with Gasteiger partial charge < -0.3 is 10.2 Å². The third-order valence-electron chi connectivity index (χ3n) is 5.46. The first-order valence-corrected chi connectivity index (χ1v) is 10.3. The van der Waals surface area contributed by atoms with Crippen LogP contribution in [0.5, 0.6) is 0 Å². The second-order valence-electron chi connectivity index (χ2n) is 7.83. The van der Waals surface area contributed by atoms with E-state index in [2.05, 4.69) is 22.2 Å². The second-order valence-corrected chi connectivity index (χ2v) is 7.83. The number of fused-ring (bicyclic) bond motifs is 1. The lowest BCUT2D eigenvalue weighted by molar-refractivity contribution is 0.442. The van der Waals surface area contributed by atoms with Crippen molar-refractivity contribution >= 4 is 28.5 Å². The molecule has 6 nitrogen and oxygen atoms in total. The highest BCUT2D eigenvalue weighted by Crippen LogP contribution is 2.29. The smallest absolute Gasteiger partial charge is 0.229 e. The third-order valence-corrected chi connectivity index (χ3v) is 5.46. The Labute approximate surface area is 174 Å². The monoisotopic (exact) mass is 402 g/mol. The molecular weight excluding hydrogens is 379 g/mol. The second kappa shape index (κ2) is 7.74. The van der Waals surface area contributed by atoms with E-state index in [1.165, 1.54) is 18.6 Å². The molecule has 1 atom stereocenters. The average Bonchev–Trinajstić information content (AvgIpc) is 3.20. The Kier molecular flexibility index (Phi) is 4.78. The summed E-state index contributed by atoms with van der Waals surface area (Å²) in [4.78, 5) is 12.0. The van der Waals surface area contributed by atoms with E-state index >= 15 is 0 Å². The van der Waals surface area contributed by atoms with Crippen molar-refractivity contribution in [3.05, 3.63) is 66.6 Å². The zero-order valence-corrected chi connectivity index (χ0v) is 16.8. The molecule has 0 amide bonds. The molecule has 1 aliphatic rings. The molecule has 0 radical (unpaired) electrons. The van der Waals surface area contributed by atoms with Gasteiger partial charge in [-0.3, -0.25) is 0 Å². The van der Waals surface area contributed by atoms with E-state index < -0.39 is 0 Å². The van der Waals surface area contributed by atoms with Gasteiger partial charge in [0, 0.05) is 18.8 Å². The van der Waals surface area contributed by atoms with Crippen LogP contribution in [-0.4, -0.2) is 32.8 Å². The van der Waals surface area contributed by atoms with E-state index in [1.54, 1.807) is 18.3 Å². The molecule has 0 bridgehead atoms. The first kappa shape index (κ1) is 18.5. The Balaban J connectivity index is 1.63. The van der Waals surface area contributed by atoms with Gasteiger partial charge in [0.05, 0.1) is 17.3 Å². The molecule has 0 aliphatic carbocycles. The summed E-state index contributed by atoms with van der Waals surface area (Å²) in [5.74, 6) is 1.69. The Morgan fingerprint density at radius 2 is 1.83 bits per heavy atom. The zero-order chi connectivity index (χ0) is 20.5. The molecule has 1 aliphatic heterocycles. The molecule has 1 saturated heterocycles. The van der Waals surface area contributed by atoms with Crippen LogP contribution in [0.15, 0.2) is 60.8 Å². The predicted molar refractivity (Wildman–Crippen MR) is 117 cm³/mol. The number of nitrogens with zero attached hydrogens (tertiary/aromatic N) is 5. The Hall–Kier alpha value is -3.48. The normalized spacial score (nSPS) is 16.7. The minimum absolute atomic E-state index is 0.270. The van der Waals surface area contributed by atoms with E-state index in [0.717, 1.165) is 41.9 Å².